The van der Waals surface area contributed by atoms with Gasteiger partial charge in [0.2, 0.25) is 0 Å². The van der Waals surface area contributed by atoms with E-state index in [1.807, 2.05) is 0 Å². The van der Waals surface area contributed by atoms with Crippen molar-refractivity contribution in [3.05, 3.63) is 17.5 Å². The zero-order valence-corrected chi connectivity index (χ0v) is 8.45. The SMILES string of the molecule is CS(=O)(=O)n1ncc2c1CN[C@@H]2CO. The molecule has 14 heavy (non-hydrogen) atoms. The first kappa shape index (κ1) is 9.63. The van der Waals surface area contributed by atoms with E-state index in [2.05, 4.69) is 10.4 Å². The van der Waals surface area contributed by atoms with Crippen LogP contribution in [0.1, 0.15) is 17.3 Å². The molecule has 1 aliphatic heterocycles. The fourth-order valence-electron chi connectivity index (χ4n) is 1.61. The first-order valence-corrected chi connectivity index (χ1v) is 6.00. The second kappa shape index (κ2) is 3.04. The smallest absolute Gasteiger partial charge is 0.251 e. The van der Waals surface area contributed by atoms with Crippen LogP contribution in [0, 0.1) is 0 Å². The van der Waals surface area contributed by atoms with Crippen molar-refractivity contribution in [2.24, 2.45) is 0 Å². The third-order valence-electron chi connectivity index (χ3n) is 2.25. The Morgan fingerprint density at radius 1 is 1.79 bits per heavy atom. The van der Waals surface area contributed by atoms with Gasteiger partial charge >= 0.3 is 0 Å². The summed E-state index contributed by atoms with van der Waals surface area (Å²) in [4.78, 5) is 0. The van der Waals surface area contributed by atoms with Gasteiger partial charge < -0.3 is 10.4 Å². The molecule has 0 aliphatic carbocycles. The summed E-state index contributed by atoms with van der Waals surface area (Å²) in [5.41, 5.74) is 1.38. The first-order chi connectivity index (χ1) is 6.54. The van der Waals surface area contributed by atoms with Crippen molar-refractivity contribution in [3.63, 3.8) is 0 Å². The number of aromatic nitrogens is 2. The molecule has 0 saturated carbocycles. The summed E-state index contributed by atoms with van der Waals surface area (Å²) in [6, 6.07) is -0.194. The molecule has 1 atom stereocenters. The largest absolute Gasteiger partial charge is 0.394 e. The van der Waals surface area contributed by atoms with Crippen LogP contribution in [0.5, 0.6) is 0 Å². The van der Waals surface area contributed by atoms with Crippen molar-refractivity contribution in [3.8, 4) is 0 Å². The van der Waals surface area contributed by atoms with Gasteiger partial charge in [-0.2, -0.15) is 9.19 Å². The molecule has 0 amide bonds. The van der Waals surface area contributed by atoms with Gasteiger partial charge in [-0.05, 0) is 0 Å². The van der Waals surface area contributed by atoms with Gasteiger partial charge in [0.25, 0.3) is 10.0 Å². The minimum Gasteiger partial charge on any atom is -0.394 e. The van der Waals surface area contributed by atoms with Crippen LogP contribution in [0.15, 0.2) is 6.20 Å². The third-order valence-corrected chi connectivity index (χ3v) is 3.20. The number of aliphatic hydroxyl groups excluding tert-OH is 1. The number of nitrogens with zero attached hydrogens (tertiary/aromatic N) is 2. The zero-order chi connectivity index (χ0) is 10.3. The molecule has 78 valence electrons. The fourth-order valence-corrected chi connectivity index (χ4v) is 2.40. The van der Waals surface area contributed by atoms with E-state index in [0.29, 0.717) is 12.2 Å². The Labute approximate surface area is 81.6 Å². The predicted molar refractivity (Wildman–Crippen MR) is 49.1 cm³/mol. The molecule has 0 bridgehead atoms. The molecule has 2 heterocycles. The van der Waals surface area contributed by atoms with E-state index in [1.165, 1.54) is 6.20 Å². The molecule has 0 aromatic carbocycles. The molecular formula is C7H11N3O3S. The lowest BCUT2D eigenvalue weighted by Crippen LogP contribution is -2.18. The molecule has 2 rings (SSSR count). The van der Waals surface area contributed by atoms with Gasteiger partial charge in [-0.15, -0.1) is 0 Å². The van der Waals surface area contributed by atoms with E-state index in [4.69, 9.17) is 5.11 Å². The molecular weight excluding hydrogens is 206 g/mol. The van der Waals surface area contributed by atoms with E-state index in [0.717, 1.165) is 15.9 Å². The number of hydrogen-bond acceptors (Lipinski definition) is 5. The van der Waals surface area contributed by atoms with Crippen molar-refractivity contribution in [2.45, 2.75) is 12.6 Å². The third kappa shape index (κ3) is 1.33. The second-order valence-electron chi connectivity index (χ2n) is 3.27. The standard InChI is InChI=1S/C7H11N3O3S/c1-14(12,13)10-7-3-8-6(4-11)5(7)2-9-10/h2,6,8,11H,3-4H2,1H3/t6-/m1/s1. The maximum absolute atomic E-state index is 11.3. The maximum atomic E-state index is 11.3. The molecule has 2 N–H and O–H groups in total. The van der Waals surface area contributed by atoms with E-state index in [1.54, 1.807) is 0 Å². The summed E-state index contributed by atoms with van der Waals surface area (Å²) in [6.07, 6.45) is 2.59. The number of nitrogens with one attached hydrogen (secondary N) is 1. The Morgan fingerprint density at radius 3 is 3.07 bits per heavy atom. The normalized spacial score (nSPS) is 21.1. The van der Waals surface area contributed by atoms with Crippen LogP contribution in [0.25, 0.3) is 0 Å². The lowest BCUT2D eigenvalue weighted by Gasteiger charge is -2.03. The Morgan fingerprint density at radius 2 is 2.50 bits per heavy atom. The minimum atomic E-state index is -3.33. The summed E-state index contributed by atoms with van der Waals surface area (Å²) in [7, 11) is -3.33. The van der Waals surface area contributed by atoms with Gasteiger partial charge in [0.05, 0.1) is 30.8 Å². The zero-order valence-electron chi connectivity index (χ0n) is 7.64. The molecule has 7 heteroatoms. The molecule has 1 aromatic heterocycles. The second-order valence-corrected chi connectivity index (χ2v) is 5.08. The van der Waals surface area contributed by atoms with Crippen molar-refractivity contribution >= 4 is 10.0 Å². The molecule has 0 radical (unpaired) electrons. The van der Waals surface area contributed by atoms with Crippen molar-refractivity contribution in [1.29, 1.82) is 0 Å². The topological polar surface area (TPSA) is 84.2 Å². The van der Waals surface area contributed by atoms with Crippen molar-refractivity contribution in [2.75, 3.05) is 12.9 Å². The predicted octanol–water partition coefficient (Wildman–Crippen LogP) is -1.17. The molecule has 1 aliphatic rings. The summed E-state index contributed by atoms with van der Waals surface area (Å²) in [6.45, 7) is 0.371. The van der Waals surface area contributed by atoms with Crippen LogP contribution in [-0.2, 0) is 16.6 Å². The van der Waals surface area contributed by atoms with Crippen LogP contribution in [0.3, 0.4) is 0 Å². The van der Waals surface area contributed by atoms with Crippen LogP contribution in [-0.4, -0.2) is 35.6 Å². The maximum Gasteiger partial charge on any atom is 0.251 e. The Bertz CT molecular complexity index is 451. The molecule has 0 unspecified atom stereocenters. The van der Waals surface area contributed by atoms with Crippen LogP contribution < -0.4 is 5.32 Å². The Kier molecular flexibility index (Phi) is 2.09. The number of aliphatic hydroxyl groups is 1. The molecule has 1 aromatic rings. The van der Waals surface area contributed by atoms with E-state index in [9.17, 15) is 8.42 Å². The summed E-state index contributed by atoms with van der Waals surface area (Å²) in [5, 5.41) is 15.7. The van der Waals surface area contributed by atoms with Crippen LogP contribution >= 0.6 is 0 Å². The molecule has 0 spiro atoms. The number of hydrogen-bond donors (Lipinski definition) is 2. The van der Waals surface area contributed by atoms with Gasteiger partial charge in [0.15, 0.2) is 0 Å². The number of fused-ring (bicyclic) bond motifs is 1. The molecule has 0 fully saturated rings. The highest BCUT2D eigenvalue weighted by Crippen LogP contribution is 2.24. The number of rotatable bonds is 2. The highest BCUT2D eigenvalue weighted by Gasteiger charge is 2.28. The van der Waals surface area contributed by atoms with Gasteiger partial charge in [0, 0.05) is 12.1 Å². The van der Waals surface area contributed by atoms with Crippen molar-refractivity contribution < 1.29 is 13.5 Å². The molecule has 6 nitrogen and oxygen atoms in total. The molecule has 0 saturated heterocycles. The van der Waals surface area contributed by atoms with Crippen LogP contribution in [0.4, 0.5) is 0 Å². The monoisotopic (exact) mass is 217 g/mol. The quantitative estimate of drug-likeness (QED) is 0.652. The first-order valence-electron chi connectivity index (χ1n) is 4.15. The van der Waals surface area contributed by atoms with Gasteiger partial charge in [0.1, 0.15) is 0 Å². The van der Waals surface area contributed by atoms with E-state index < -0.39 is 10.0 Å². The lowest BCUT2D eigenvalue weighted by molar-refractivity contribution is 0.251. The van der Waals surface area contributed by atoms with Gasteiger partial charge in [-0.3, -0.25) is 0 Å². The van der Waals surface area contributed by atoms with E-state index >= 15 is 0 Å². The Hall–Kier alpha value is -0.920. The van der Waals surface area contributed by atoms with E-state index in [-0.39, 0.29) is 12.6 Å². The minimum absolute atomic E-state index is 0.0531. The van der Waals surface area contributed by atoms with Crippen LogP contribution in [0.2, 0.25) is 0 Å². The highest BCUT2D eigenvalue weighted by atomic mass is 32.2. The Balaban J connectivity index is 2.51. The van der Waals surface area contributed by atoms with Gasteiger partial charge in [-0.1, -0.05) is 0 Å². The van der Waals surface area contributed by atoms with Gasteiger partial charge in [-0.25, -0.2) is 8.42 Å². The summed E-state index contributed by atoms with van der Waals surface area (Å²) < 4.78 is 23.5. The van der Waals surface area contributed by atoms with Crippen molar-refractivity contribution in [1.82, 2.24) is 14.5 Å². The average molecular weight is 217 g/mol. The summed E-state index contributed by atoms with van der Waals surface area (Å²) in [5.74, 6) is 0. The summed E-state index contributed by atoms with van der Waals surface area (Å²) >= 11 is 0. The fraction of sp³-hybridized carbons (Fsp3) is 0.571. The highest BCUT2D eigenvalue weighted by molar-refractivity contribution is 7.89. The lowest BCUT2D eigenvalue weighted by atomic mass is 10.2. The average Bonchev–Trinajstić information content (AvgIpc) is 2.59.